The number of nitrogens with zero attached hydrogens (tertiary/aromatic N) is 1. The Labute approximate surface area is 138 Å². The van der Waals surface area contributed by atoms with E-state index in [-0.39, 0.29) is 5.54 Å². The number of para-hydroxylation sites is 1. The van der Waals surface area contributed by atoms with Crippen LogP contribution in [0.4, 0.5) is 5.69 Å². The van der Waals surface area contributed by atoms with Gasteiger partial charge in [-0.05, 0) is 32.9 Å². The summed E-state index contributed by atoms with van der Waals surface area (Å²) in [6, 6.07) is 10.4. The Hall–Kier alpha value is -0.666. The van der Waals surface area contributed by atoms with Crippen molar-refractivity contribution in [3.8, 4) is 0 Å². The molecular weight excluding hydrogens is 310 g/mol. The van der Waals surface area contributed by atoms with Crippen LogP contribution < -0.4 is 4.90 Å². The molecule has 6 heteroatoms. The number of benzene rings is 1. The lowest BCUT2D eigenvalue weighted by atomic mass is 10.1. The van der Waals surface area contributed by atoms with Gasteiger partial charge in [0.15, 0.2) is 0 Å². The summed E-state index contributed by atoms with van der Waals surface area (Å²) in [6.07, 6.45) is 1.43. The maximum atomic E-state index is 6.15. The molecule has 1 aromatic rings. The van der Waals surface area contributed by atoms with Crippen LogP contribution in [0.25, 0.3) is 0 Å². The largest absolute Gasteiger partial charge is 0.520 e. The Balaban J connectivity index is 3.04. The molecule has 1 rings (SSSR count). The lowest BCUT2D eigenvalue weighted by molar-refractivity contribution is 0.114. The standard InChI is InChI=1S/C16H31NO3Si2/c1-16(2,3)17(15-11-9-8-10-12-15)13-22(18-4,19-5)20-14-21(6)7/h8-12,21H,13-14H2,1-7H3. The lowest BCUT2D eigenvalue weighted by Crippen LogP contribution is -2.59. The van der Waals surface area contributed by atoms with Crippen molar-refractivity contribution in [3.05, 3.63) is 30.3 Å². The van der Waals surface area contributed by atoms with E-state index in [1.54, 1.807) is 14.2 Å². The van der Waals surface area contributed by atoms with E-state index in [2.05, 4.69) is 63.0 Å². The van der Waals surface area contributed by atoms with E-state index >= 15 is 0 Å². The van der Waals surface area contributed by atoms with Crippen LogP contribution in [0.1, 0.15) is 20.8 Å². The molecule has 0 heterocycles. The van der Waals surface area contributed by atoms with Gasteiger partial charge in [0.2, 0.25) is 0 Å². The molecule has 0 aromatic heterocycles. The smallest absolute Gasteiger partial charge is 0.376 e. The van der Waals surface area contributed by atoms with E-state index in [1.807, 2.05) is 6.07 Å². The zero-order valence-corrected chi connectivity index (χ0v) is 17.2. The van der Waals surface area contributed by atoms with Gasteiger partial charge in [-0.15, -0.1) is 0 Å². The van der Waals surface area contributed by atoms with Gasteiger partial charge < -0.3 is 18.2 Å². The minimum atomic E-state index is -2.70. The first kappa shape index (κ1) is 19.4. The zero-order chi connectivity index (χ0) is 16.8. The van der Waals surface area contributed by atoms with Gasteiger partial charge >= 0.3 is 8.80 Å². The summed E-state index contributed by atoms with van der Waals surface area (Å²) < 4.78 is 17.7. The van der Waals surface area contributed by atoms with Crippen LogP contribution in [0.15, 0.2) is 30.3 Å². The van der Waals surface area contributed by atoms with Crippen LogP contribution in [-0.2, 0) is 13.3 Å². The van der Waals surface area contributed by atoms with Crippen LogP contribution in [0.2, 0.25) is 13.1 Å². The van der Waals surface area contributed by atoms with Crippen LogP contribution in [0.3, 0.4) is 0 Å². The average Bonchev–Trinajstić information content (AvgIpc) is 2.48. The van der Waals surface area contributed by atoms with Crippen molar-refractivity contribution in [2.24, 2.45) is 0 Å². The minimum absolute atomic E-state index is 0.0463. The predicted molar refractivity (Wildman–Crippen MR) is 98.1 cm³/mol. The molecule has 0 unspecified atom stereocenters. The summed E-state index contributed by atoms with van der Waals surface area (Å²) in [4.78, 5) is 2.31. The Morgan fingerprint density at radius 3 is 2.00 bits per heavy atom. The third-order valence-electron chi connectivity index (χ3n) is 3.49. The van der Waals surface area contributed by atoms with Gasteiger partial charge in [0.25, 0.3) is 0 Å². The minimum Gasteiger partial charge on any atom is -0.376 e. The second-order valence-corrected chi connectivity index (χ2v) is 12.8. The maximum Gasteiger partial charge on any atom is 0.520 e. The summed E-state index contributed by atoms with van der Waals surface area (Å²) in [5.74, 6) is 0. The van der Waals surface area contributed by atoms with Crippen LogP contribution >= 0.6 is 0 Å². The van der Waals surface area contributed by atoms with Gasteiger partial charge in [-0.25, -0.2) is 0 Å². The molecule has 0 N–H and O–H groups in total. The second kappa shape index (κ2) is 8.26. The fraction of sp³-hybridized carbons (Fsp3) is 0.625. The first-order chi connectivity index (χ1) is 10.2. The van der Waals surface area contributed by atoms with E-state index in [1.165, 1.54) is 0 Å². The molecule has 0 bridgehead atoms. The van der Waals surface area contributed by atoms with E-state index in [0.29, 0.717) is 6.17 Å². The van der Waals surface area contributed by atoms with Crippen molar-refractivity contribution in [2.45, 2.75) is 39.4 Å². The van der Waals surface area contributed by atoms with Gasteiger partial charge in [-0.1, -0.05) is 31.3 Å². The molecule has 126 valence electrons. The van der Waals surface area contributed by atoms with Crippen molar-refractivity contribution in [1.29, 1.82) is 0 Å². The molecule has 0 saturated carbocycles. The fourth-order valence-corrected chi connectivity index (χ4v) is 6.33. The highest BCUT2D eigenvalue weighted by molar-refractivity contribution is 6.63. The van der Waals surface area contributed by atoms with Gasteiger partial charge in [0.1, 0.15) is 0 Å². The number of hydrogen-bond donors (Lipinski definition) is 0. The highest BCUT2D eigenvalue weighted by Crippen LogP contribution is 2.26. The highest BCUT2D eigenvalue weighted by Gasteiger charge is 2.44. The summed E-state index contributed by atoms with van der Waals surface area (Å²) >= 11 is 0. The number of hydrogen-bond acceptors (Lipinski definition) is 4. The van der Waals surface area contributed by atoms with Crippen LogP contribution in [-0.4, -0.2) is 49.8 Å². The molecule has 0 aliphatic rings. The molecule has 0 radical (unpaired) electrons. The molecule has 0 aliphatic carbocycles. The topological polar surface area (TPSA) is 30.9 Å². The summed E-state index contributed by atoms with van der Waals surface area (Å²) in [5.41, 5.74) is 1.11. The molecule has 0 aliphatic heterocycles. The van der Waals surface area contributed by atoms with E-state index in [4.69, 9.17) is 13.3 Å². The van der Waals surface area contributed by atoms with Gasteiger partial charge in [-0.2, -0.15) is 0 Å². The van der Waals surface area contributed by atoms with Crippen molar-refractivity contribution in [3.63, 3.8) is 0 Å². The predicted octanol–water partition coefficient (Wildman–Crippen LogP) is 3.10. The molecule has 22 heavy (non-hydrogen) atoms. The monoisotopic (exact) mass is 341 g/mol. The summed E-state index contributed by atoms with van der Waals surface area (Å²) in [7, 11) is -0.131. The van der Waals surface area contributed by atoms with E-state index in [9.17, 15) is 0 Å². The van der Waals surface area contributed by atoms with Crippen molar-refractivity contribution in [1.82, 2.24) is 0 Å². The van der Waals surface area contributed by atoms with Gasteiger partial charge in [-0.3, -0.25) is 0 Å². The van der Waals surface area contributed by atoms with E-state index in [0.717, 1.165) is 11.9 Å². The van der Waals surface area contributed by atoms with Crippen molar-refractivity contribution < 1.29 is 13.3 Å². The third-order valence-corrected chi connectivity index (χ3v) is 7.21. The molecule has 0 atom stereocenters. The van der Waals surface area contributed by atoms with Crippen molar-refractivity contribution >= 4 is 23.3 Å². The molecule has 0 spiro atoms. The Bertz CT molecular complexity index is 431. The molecule has 1 aromatic carbocycles. The van der Waals surface area contributed by atoms with Crippen LogP contribution in [0, 0.1) is 0 Å². The molecule has 0 saturated heterocycles. The fourth-order valence-electron chi connectivity index (χ4n) is 2.19. The van der Waals surface area contributed by atoms with Gasteiger partial charge in [0, 0.05) is 31.7 Å². The first-order valence-corrected chi connectivity index (χ1v) is 12.9. The lowest BCUT2D eigenvalue weighted by Gasteiger charge is -2.41. The normalized spacial score (nSPS) is 12.7. The Morgan fingerprint density at radius 2 is 1.59 bits per heavy atom. The molecular formula is C16H31NO3Si2. The average molecular weight is 342 g/mol. The van der Waals surface area contributed by atoms with E-state index < -0.39 is 17.6 Å². The number of anilines is 1. The second-order valence-electron chi connectivity index (χ2n) is 6.89. The third kappa shape index (κ3) is 5.51. The van der Waals surface area contributed by atoms with Crippen LogP contribution in [0.5, 0.6) is 0 Å². The maximum absolute atomic E-state index is 6.15. The Morgan fingerprint density at radius 1 is 1.05 bits per heavy atom. The summed E-state index contributed by atoms with van der Waals surface area (Å²) in [6.45, 7) is 11.1. The Kier molecular flexibility index (Phi) is 7.28. The molecule has 0 amide bonds. The SMILES string of the molecule is CO[Si](CN(c1ccccc1)C(C)(C)C)(OC)OC[SiH](C)C. The quantitative estimate of drug-likeness (QED) is 0.680. The molecule has 4 nitrogen and oxygen atoms in total. The highest BCUT2D eigenvalue weighted by atomic mass is 28.4. The van der Waals surface area contributed by atoms with Crippen molar-refractivity contribution in [2.75, 3.05) is 31.5 Å². The zero-order valence-electron chi connectivity index (χ0n) is 15.1. The van der Waals surface area contributed by atoms with Gasteiger partial charge in [0.05, 0.1) is 15.0 Å². The first-order valence-electron chi connectivity index (χ1n) is 7.81. The molecule has 0 fully saturated rings. The number of rotatable bonds is 8. The summed E-state index contributed by atoms with van der Waals surface area (Å²) in [5, 5.41) is 0.